The number of halogens is 3. The number of carboxylic acid groups (broad SMARTS) is 1. The summed E-state index contributed by atoms with van der Waals surface area (Å²) in [5.41, 5.74) is 0.302. The molecule has 0 saturated carbocycles. The van der Waals surface area contributed by atoms with Gasteiger partial charge in [0.05, 0.1) is 37.0 Å². The lowest BCUT2D eigenvalue weighted by Gasteiger charge is -2.26. The normalized spacial score (nSPS) is 22.8. The van der Waals surface area contributed by atoms with Crippen molar-refractivity contribution >= 4 is 11.9 Å². The fraction of sp³-hybridized carbons (Fsp3) is 0.444. The molecule has 0 unspecified atom stereocenters. The molecular formula is C18H18F3N3O6. The van der Waals surface area contributed by atoms with Gasteiger partial charge in [-0.1, -0.05) is 11.2 Å². The summed E-state index contributed by atoms with van der Waals surface area (Å²) < 4.78 is 48.0. The summed E-state index contributed by atoms with van der Waals surface area (Å²) in [7, 11) is 0. The average molecular weight is 429 g/mol. The summed E-state index contributed by atoms with van der Waals surface area (Å²) in [6.07, 6.45) is -0.556. The van der Waals surface area contributed by atoms with E-state index in [1.165, 1.54) is 12.5 Å². The zero-order valence-corrected chi connectivity index (χ0v) is 15.5. The summed E-state index contributed by atoms with van der Waals surface area (Å²) in [6, 6.07) is 5.57. The van der Waals surface area contributed by atoms with Crippen molar-refractivity contribution in [2.45, 2.75) is 6.18 Å². The van der Waals surface area contributed by atoms with Crippen LogP contribution in [0, 0.1) is 11.3 Å². The van der Waals surface area contributed by atoms with Gasteiger partial charge in [-0.3, -0.25) is 4.79 Å². The van der Waals surface area contributed by atoms with E-state index in [0.29, 0.717) is 44.4 Å². The second-order valence-corrected chi connectivity index (χ2v) is 6.93. The van der Waals surface area contributed by atoms with E-state index in [4.69, 9.17) is 23.9 Å². The monoisotopic (exact) mass is 429 g/mol. The summed E-state index contributed by atoms with van der Waals surface area (Å²) in [5, 5.41) is 10.7. The maximum absolute atomic E-state index is 12.5. The first kappa shape index (κ1) is 21.6. The third-order valence-electron chi connectivity index (χ3n) is 4.88. The Morgan fingerprint density at radius 2 is 2.13 bits per heavy atom. The molecule has 1 N–H and O–H groups in total. The van der Waals surface area contributed by atoms with Gasteiger partial charge in [-0.05, 0) is 6.07 Å². The van der Waals surface area contributed by atoms with Crippen LogP contribution in [-0.2, 0) is 9.53 Å². The lowest BCUT2D eigenvalue weighted by atomic mass is 9.82. The number of hydrogen-bond donors (Lipinski definition) is 1. The van der Waals surface area contributed by atoms with Gasteiger partial charge in [-0.2, -0.15) is 13.2 Å². The predicted molar refractivity (Wildman–Crippen MR) is 92.6 cm³/mol. The average Bonchev–Trinajstić information content (AvgIpc) is 3.42. The Balaban J connectivity index is 0.000000318. The van der Waals surface area contributed by atoms with Crippen LogP contribution in [0.15, 0.2) is 41.4 Å². The van der Waals surface area contributed by atoms with Crippen LogP contribution in [0.1, 0.15) is 10.4 Å². The molecule has 2 saturated heterocycles. The van der Waals surface area contributed by atoms with Crippen molar-refractivity contribution in [1.29, 1.82) is 0 Å². The molecule has 2 atom stereocenters. The van der Waals surface area contributed by atoms with Crippen LogP contribution in [-0.4, -0.2) is 71.1 Å². The number of carbonyl (C=O) groups excluding carboxylic acids is 1. The Morgan fingerprint density at radius 1 is 1.37 bits per heavy atom. The molecule has 2 aromatic rings. The number of nitrogens with zero attached hydrogens (tertiary/aromatic N) is 3. The SMILES string of the molecule is O=C(O)C(F)(F)F.O=C(c1cnoc1)N1C[C@@H]2COC[C@]2(COc2ccccn2)C1. The number of rotatable bonds is 4. The van der Waals surface area contributed by atoms with Gasteiger partial charge in [0.25, 0.3) is 5.91 Å². The minimum Gasteiger partial charge on any atom is -0.477 e. The van der Waals surface area contributed by atoms with Crippen molar-refractivity contribution in [2.24, 2.45) is 11.3 Å². The van der Waals surface area contributed by atoms with Gasteiger partial charge in [-0.15, -0.1) is 0 Å². The van der Waals surface area contributed by atoms with E-state index in [-0.39, 0.29) is 17.2 Å². The number of carbonyl (C=O) groups is 2. The number of likely N-dealkylation sites (tertiary alicyclic amines) is 1. The topological polar surface area (TPSA) is 115 Å². The molecule has 1 amide bonds. The Bertz CT molecular complexity index is 862. The molecule has 0 bridgehead atoms. The summed E-state index contributed by atoms with van der Waals surface area (Å²) in [6.45, 7) is 3.00. The highest BCUT2D eigenvalue weighted by Crippen LogP contribution is 2.42. The van der Waals surface area contributed by atoms with Crippen molar-refractivity contribution < 1.29 is 41.9 Å². The van der Waals surface area contributed by atoms with E-state index in [1.807, 2.05) is 23.1 Å². The summed E-state index contributed by atoms with van der Waals surface area (Å²) in [4.78, 5) is 27.4. The molecule has 12 heteroatoms. The third-order valence-corrected chi connectivity index (χ3v) is 4.88. The quantitative estimate of drug-likeness (QED) is 0.784. The number of ether oxygens (including phenoxy) is 2. The summed E-state index contributed by atoms with van der Waals surface area (Å²) in [5.74, 6) is -1.95. The van der Waals surface area contributed by atoms with E-state index in [0.717, 1.165) is 0 Å². The number of hydrogen-bond acceptors (Lipinski definition) is 7. The molecule has 162 valence electrons. The maximum Gasteiger partial charge on any atom is 0.490 e. The predicted octanol–water partition coefficient (Wildman–Crippen LogP) is 1.87. The molecule has 0 radical (unpaired) electrons. The second-order valence-electron chi connectivity index (χ2n) is 6.93. The third kappa shape index (κ3) is 4.87. The standard InChI is InChI=1S/C16H17N3O4.C2HF3O2/c20-15(12-5-18-23-7-12)19-6-13-8-21-10-16(13,9-19)11-22-14-3-1-2-4-17-14;3-2(4,5)1(6)7/h1-5,7,13H,6,8-11H2;(H,6,7)/t13-,16+;/m1./s1. The Hall–Kier alpha value is -3.15. The van der Waals surface area contributed by atoms with Crippen LogP contribution in [0.5, 0.6) is 5.88 Å². The first-order valence-corrected chi connectivity index (χ1v) is 8.82. The second kappa shape index (κ2) is 8.69. The Kier molecular flexibility index (Phi) is 6.25. The number of amides is 1. The number of fused-ring (bicyclic) bond motifs is 1. The van der Waals surface area contributed by atoms with E-state index in [2.05, 4.69) is 10.1 Å². The van der Waals surface area contributed by atoms with Gasteiger partial charge in [-0.25, -0.2) is 9.78 Å². The molecule has 0 aromatic carbocycles. The molecular weight excluding hydrogens is 411 g/mol. The van der Waals surface area contributed by atoms with E-state index < -0.39 is 12.1 Å². The van der Waals surface area contributed by atoms with Gasteiger partial charge in [0.2, 0.25) is 5.88 Å². The van der Waals surface area contributed by atoms with Crippen LogP contribution in [0.4, 0.5) is 13.2 Å². The van der Waals surface area contributed by atoms with Crippen LogP contribution >= 0.6 is 0 Å². The first-order chi connectivity index (χ1) is 14.2. The number of aromatic nitrogens is 2. The highest BCUT2D eigenvalue weighted by Gasteiger charge is 2.52. The zero-order chi connectivity index (χ0) is 21.8. The van der Waals surface area contributed by atoms with Gasteiger partial charge < -0.3 is 24.0 Å². The largest absolute Gasteiger partial charge is 0.490 e. The highest BCUT2D eigenvalue weighted by molar-refractivity contribution is 5.93. The molecule has 2 aromatic heterocycles. The minimum absolute atomic E-state index is 0.0575. The van der Waals surface area contributed by atoms with Crippen molar-refractivity contribution in [3.63, 3.8) is 0 Å². The number of alkyl halides is 3. The fourth-order valence-electron chi connectivity index (χ4n) is 3.33. The highest BCUT2D eigenvalue weighted by atomic mass is 19.4. The van der Waals surface area contributed by atoms with Gasteiger partial charge in [0.1, 0.15) is 6.26 Å². The molecule has 0 spiro atoms. The smallest absolute Gasteiger partial charge is 0.477 e. The molecule has 4 heterocycles. The van der Waals surface area contributed by atoms with E-state index in [1.54, 1.807) is 6.20 Å². The van der Waals surface area contributed by atoms with Crippen LogP contribution < -0.4 is 4.74 Å². The number of aliphatic carboxylic acids is 1. The van der Waals surface area contributed by atoms with E-state index >= 15 is 0 Å². The summed E-state index contributed by atoms with van der Waals surface area (Å²) >= 11 is 0. The zero-order valence-electron chi connectivity index (χ0n) is 15.5. The van der Waals surface area contributed by atoms with Crippen LogP contribution in [0.25, 0.3) is 0 Å². The molecule has 2 aliphatic rings. The first-order valence-electron chi connectivity index (χ1n) is 8.82. The Morgan fingerprint density at radius 3 is 2.73 bits per heavy atom. The van der Waals surface area contributed by atoms with Crippen LogP contribution in [0.3, 0.4) is 0 Å². The molecule has 2 fully saturated rings. The molecule has 2 aliphatic heterocycles. The van der Waals surface area contributed by atoms with Gasteiger partial charge in [0.15, 0.2) is 0 Å². The Labute approximate surface area is 168 Å². The lowest BCUT2D eigenvalue weighted by Crippen LogP contribution is -2.38. The van der Waals surface area contributed by atoms with E-state index in [9.17, 15) is 18.0 Å². The molecule has 0 aliphatic carbocycles. The fourth-order valence-corrected chi connectivity index (χ4v) is 3.33. The van der Waals surface area contributed by atoms with Crippen molar-refractivity contribution in [1.82, 2.24) is 15.0 Å². The van der Waals surface area contributed by atoms with Gasteiger partial charge in [0, 0.05) is 31.3 Å². The lowest BCUT2D eigenvalue weighted by molar-refractivity contribution is -0.192. The molecule has 9 nitrogen and oxygen atoms in total. The maximum atomic E-state index is 12.5. The van der Waals surface area contributed by atoms with Crippen molar-refractivity contribution in [3.8, 4) is 5.88 Å². The number of pyridine rings is 1. The van der Waals surface area contributed by atoms with Crippen molar-refractivity contribution in [2.75, 3.05) is 32.9 Å². The van der Waals surface area contributed by atoms with Crippen molar-refractivity contribution in [3.05, 3.63) is 42.4 Å². The molecule has 4 rings (SSSR count). The molecule has 30 heavy (non-hydrogen) atoms. The van der Waals surface area contributed by atoms with Gasteiger partial charge >= 0.3 is 12.1 Å². The minimum atomic E-state index is -5.08. The number of carboxylic acids is 1. The van der Waals surface area contributed by atoms with Crippen LogP contribution in [0.2, 0.25) is 0 Å².